The predicted octanol–water partition coefficient (Wildman–Crippen LogP) is 4.57. The van der Waals surface area contributed by atoms with Crippen LogP contribution in [0.2, 0.25) is 0 Å². The van der Waals surface area contributed by atoms with Crippen molar-refractivity contribution in [1.82, 2.24) is 25.1 Å². The van der Waals surface area contributed by atoms with Gasteiger partial charge in [-0.05, 0) is 111 Å². The zero-order valence-electron chi connectivity index (χ0n) is 34.0. The Morgan fingerprint density at radius 2 is 1.74 bits per heavy atom. The maximum Gasteiger partial charge on any atom is 0.408 e. The number of carbonyl (C=O) groups is 4. The van der Waals surface area contributed by atoms with E-state index in [1.165, 1.54) is 18.3 Å². The smallest absolute Gasteiger partial charge is 0.408 e. The van der Waals surface area contributed by atoms with Crippen molar-refractivity contribution in [3.63, 3.8) is 0 Å². The van der Waals surface area contributed by atoms with Crippen LogP contribution in [0.3, 0.4) is 0 Å². The summed E-state index contributed by atoms with van der Waals surface area (Å²) in [5.74, 6) is -0.843. The molecule has 2 bridgehead atoms. The molecule has 4 aliphatic carbocycles. The molecule has 2 aromatic rings. The lowest BCUT2D eigenvalue weighted by Gasteiger charge is -2.33. The lowest BCUT2D eigenvalue weighted by Crippen LogP contribution is -2.59. The third-order valence-electron chi connectivity index (χ3n) is 14.4. The van der Waals surface area contributed by atoms with Crippen LogP contribution in [0.1, 0.15) is 103 Å². The van der Waals surface area contributed by atoms with Crippen molar-refractivity contribution >= 4 is 43.9 Å². The van der Waals surface area contributed by atoms with Crippen LogP contribution < -0.4 is 25.7 Å². The lowest BCUT2D eigenvalue weighted by molar-refractivity contribution is -0.141. The van der Waals surface area contributed by atoms with Gasteiger partial charge in [-0.2, -0.15) is 4.98 Å². The van der Waals surface area contributed by atoms with Gasteiger partial charge in [0.2, 0.25) is 16.9 Å². The Hall–Kier alpha value is -4.27. The van der Waals surface area contributed by atoms with E-state index in [0.29, 0.717) is 42.5 Å². The first-order valence-corrected chi connectivity index (χ1v) is 23.5. The van der Waals surface area contributed by atoms with Gasteiger partial charge in [0, 0.05) is 29.7 Å². The Kier molecular flexibility index (Phi) is 11.0. The molecule has 2 N–H and O–H groups in total. The number of nitrogens with zero attached hydrogens (tertiary/aromatic N) is 3. The fraction of sp³-hybridized carbons (Fsp3) is 0.674. The highest BCUT2D eigenvalue weighted by atomic mass is 32.2. The number of ether oxygens (including phenoxy) is 3. The highest BCUT2D eigenvalue weighted by Crippen LogP contribution is 2.54. The van der Waals surface area contributed by atoms with Gasteiger partial charge in [-0.15, -0.1) is 6.58 Å². The van der Waals surface area contributed by atoms with Gasteiger partial charge in [0.15, 0.2) is 0 Å². The third-order valence-corrected chi connectivity index (χ3v) is 18.1. The molecule has 14 nitrogen and oxygen atoms in total. The van der Waals surface area contributed by atoms with Gasteiger partial charge in [-0.25, -0.2) is 4.79 Å². The van der Waals surface area contributed by atoms with Crippen LogP contribution in [0.5, 0.6) is 11.8 Å². The molecule has 15 heteroatoms. The molecule has 316 valence electrons. The van der Waals surface area contributed by atoms with E-state index in [4.69, 9.17) is 19.2 Å². The second-order valence-electron chi connectivity index (χ2n) is 18.1. The molecule has 0 spiro atoms. The molecule has 3 amide bonds. The zero-order valence-corrected chi connectivity index (χ0v) is 34.9. The molecule has 5 fully saturated rings. The Bertz CT molecular complexity index is 2090. The van der Waals surface area contributed by atoms with Gasteiger partial charge in [0.05, 0.1) is 24.6 Å². The maximum atomic E-state index is 15.0. The highest BCUT2D eigenvalue weighted by molar-refractivity contribution is 8.17. The Balaban J connectivity index is 1.16. The van der Waals surface area contributed by atoms with Gasteiger partial charge in [-0.3, -0.25) is 28.0 Å². The second-order valence-corrected chi connectivity index (χ2v) is 21.4. The second kappa shape index (κ2) is 15.7. The summed E-state index contributed by atoms with van der Waals surface area (Å²) in [6, 6.07) is 3.13. The van der Waals surface area contributed by atoms with E-state index in [1.807, 2.05) is 6.92 Å². The van der Waals surface area contributed by atoms with Crippen molar-refractivity contribution in [2.24, 2.45) is 17.8 Å². The number of carbonyl (C=O) groups excluding carboxylic acids is 4. The van der Waals surface area contributed by atoms with E-state index < -0.39 is 67.3 Å². The van der Waals surface area contributed by atoms with Crippen LogP contribution in [0.4, 0.5) is 4.79 Å². The summed E-state index contributed by atoms with van der Waals surface area (Å²) >= 11 is 0. The molecule has 3 heterocycles. The largest absolute Gasteiger partial charge is 0.497 e. The first kappa shape index (κ1) is 40.5. The molecule has 4 saturated carbocycles. The molecule has 1 aromatic heterocycles. The first-order valence-electron chi connectivity index (χ1n) is 21.4. The number of amides is 3. The Morgan fingerprint density at radius 1 is 1.02 bits per heavy atom. The number of thiol groups is 1. The van der Waals surface area contributed by atoms with Gasteiger partial charge < -0.3 is 29.7 Å². The number of nitrogens with one attached hydrogen (secondary N) is 2. The molecule has 1 aromatic carbocycles. The van der Waals surface area contributed by atoms with E-state index >= 15 is 0 Å². The quantitative estimate of drug-likeness (QED) is 0.265. The van der Waals surface area contributed by atoms with E-state index in [0.717, 1.165) is 64.2 Å². The molecule has 58 heavy (non-hydrogen) atoms. The summed E-state index contributed by atoms with van der Waals surface area (Å²) in [7, 11) is -1.83. The maximum absolute atomic E-state index is 15.0. The molecule has 0 unspecified atom stereocenters. The third kappa shape index (κ3) is 7.44. The molecular weight excluding hydrogens is 763 g/mol. The molecule has 8 rings (SSSR count). The number of methoxy groups -OCH3 is 1. The minimum atomic E-state index is -3.37. The Morgan fingerprint density at radius 3 is 2.45 bits per heavy atom. The van der Waals surface area contributed by atoms with E-state index in [9.17, 15) is 28.2 Å². The number of alkyl carbamates (subject to hydrolysis) is 1. The fourth-order valence-electron chi connectivity index (χ4n) is 10.2. The summed E-state index contributed by atoms with van der Waals surface area (Å²) in [5.41, 5.74) is -1.26. The van der Waals surface area contributed by atoms with Gasteiger partial charge in [0.25, 0.3) is 11.6 Å². The van der Waals surface area contributed by atoms with Crippen LogP contribution in [-0.2, 0) is 35.6 Å². The van der Waals surface area contributed by atoms with Gasteiger partial charge in [0.1, 0.15) is 35.6 Å². The standard InChI is InChI=1S/C43H59N5O9S/c1-5-28-24-43(28,39(52)58(4,54)42(2)19-20-42)46-36(49)33-23-30-25-48(33)38(51)35(27-13-8-9-14-27)45-41(53)57-34-16-11-15-26(34)12-7-6-10-21-47-37(50)31-18-17-29(55-3)22-32(31)44-40(47)56-30/h5,17-18,22,26-28,30,33-35,58H,1,6-16,19-21,23-25H2,2-4H3,(H,45,53)(H,46,49)/t26-,28-,30-,33+,34-,35+,43-/m1/s1. The number of aromatic nitrogens is 2. The number of hydrogen-bond donors (Lipinski definition) is 3. The minimum Gasteiger partial charge on any atom is -0.497 e. The van der Waals surface area contributed by atoms with Crippen LogP contribution in [0.15, 0.2) is 35.6 Å². The molecular formula is C43H59N5O9S. The number of benzene rings is 1. The summed E-state index contributed by atoms with van der Waals surface area (Å²) in [5, 5.41) is 5.92. The monoisotopic (exact) mass is 821 g/mol. The molecule has 6 aliphatic rings. The van der Waals surface area contributed by atoms with Crippen molar-refractivity contribution in [1.29, 1.82) is 0 Å². The minimum absolute atomic E-state index is 0.0275. The molecule has 1 saturated heterocycles. The SMILES string of the molecule is C=C[C@@H]1C[C@]1(NC(=O)[C@@H]1C[C@@H]2CN1C(=O)[C@H](C1CCCC1)NC(=O)O[C@@H]1CCC[C@H]1CCCCCn1c(nc3cc(OC)ccc3c1=O)O2)C(=O)[SH](C)(=O)C1(C)CC1. The fourth-order valence-corrected chi connectivity index (χ4v) is 12.7. The van der Waals surface area contributed by atoms with Crippen LogP contribution in [0.25, 0.3) is 10.9 Å². The summed E-state index contributed by atoms with van der Waals surface area (Å²) in [6.45, 7) is 6.08. The van der Waals surface area contributed by atoms with Crippen molar-refractivity contribution < 1.29 is 37.6 Å². The van der Waals surface area contributed by atoms with E-state index in [2.05, 4.69) is 17.2 Å². The lowest BCUT2D eigenvalue weighted by atomic mass is 9.96. The van der Waals surface area contributed by atoms with Crippen molar-refractivity contribution in [2.45, 2.75) is 144 Å². The summed E-state index contributed by atoms with van der Waals surface area (Å²) in [4.78, 5) is 77.9. The van der Waals surface area contributed by atoms with Crippen LogP contribution >= 0.6 is 0 Å². The van der Waals surface area contributed by atoms with Gasteiger partial charge in [-0.1, -0.05) is 31.8 Å². The topological polar surface area (TPSA) is 175 Å². The van der Waals surface area contributed by atoms with Crippen molar-refractivity contribution in [3.05, 3.63) is 41.2 Å². The zero-order chi connectivity index (χ0) is 41.0. The molecule has 0 radical (unpaired) electrons. The average Bonchev–Trinajstić information content (AvgIpc) is 3.82. The van der Waals surface area contributed by atoms with Crippen LogP contribution in [0, 0.1) is 17.8 Å². The Labute approximate surface area is 340 Å². The normalized spacial score (nSPS) is 31.7. The molecule has 7 atom stereocenters. The van der Waals surface area contributed by atoms with E-state index in [1.54, 1.807) is 28.8 Å². The molecule has 2 aliphatic heterocycles. The first-order chi connectivity index (χ1) is 27.8. The van der Waals surface area contributed by atoms with Crippen LogP contribution in [-0.4, -0.2) is 96.2 Å². The van der Waals surface area contributed by atoms with E-state index in [-0.39, 0.29) is 48.9 Å². The summed E-state index contributed by atoms with van der Waals surface area (Å²) < 4.78 is 33.2. The van der Waals surface area contributed by atoms with Gasteiger partial charge >= 0.3 is 6.09 Å². The van der Waals surface area contributed by atoms with Crippen molar-refractivity contribution in [2.75, 3.05) is 19.9 Å². The number of rotatable bonds is 7. The number of fused-ring (bicyclic) bond motifs is 5. The summed E-state index contributed by atoms with van der Waals surface area (Å²) in [6.07, 6.45) is 12.4. The van der Waals surface area contributed by atoms with Crippen molar-refractivity contribution in [3.8, 4) is 11.8 Å². The highest BCUT2D eigenvalue weighted by Gasteiger charge is 2.66. The average molecular weight is 822 g/mol. The number of hydrogen-bond acceptors (Lipinski definition) is 10. The predicted molar refractivity (Wildman–Crippen MR) is 219 cm³/mol.